The smallest absolute Gasteiger partial charge is 0.215 e. The molecule has 0 fully saturated rings. The minimum absolute atomic E-state index is 0.00829. The van der Waals surface area contributed by atoms with Crippen molar-refractivity contribution in [1.82, 2.24) is 4.72 Å². The maximum Gasteiger partial charge on any atom is 0.215 e. The highest BCUT2D eigenvalue weighted by molar-refractivity contribution is 7.90. The van der Waals surface area contributed by atoms with Crippen molar-refractivity contribution < 1.29 is 8.42 Å². The average Bonchev–Trinajstić information content (AvgIpc) is 2.12. The average molecular weight is 222 g/mol. The zero-order valence-corrected chi connectivity index (χ0v) is 10.1. The molecule has 0 radical (unpaired) electrons. The fraction of sp³-hybridized carbons (Fsp3) is 1.00. The predicted octanol–water partition coefficient (Wildman–Crippen LogP) is 0.832. The maximum atomic E-state index is 11.5. The summed E-state index contributed by atoms with van der Waals surface area (Å²) in [5.74, 6) is 0. The number of nitrogens with one attached hydrogen (secondary N) is 1. The van der Waals surface area contributed by atoms with Crippen molar-refractivity contribution >= 4 is 10.0 Å². The molecule has 0 bridgehead atoms. The van der Waals surface area contributed by atoms with Crippen LogP contribution in [-0.2, 0) is 10.0 Å². The van der Waals surface area contributed by atoms with Crippen LogP contribution in [0.15, 0.2) is 0 Å². The van der Waals surface area contributed by atoms with Gasteiger partial charge >= 0.3 is 0 Å². The lowest BCUT2D eigenvalue weighted by molar-refractivity contribution is 0.526. The summed E-state index contributed by atoms with van der Waals surface area (Å²) < 4.78 is 25.7. The molecule has 0 aliphatic heterocycles. The van der Waals surface area contributed by atoms with Crippen molar-refractivity contribution in [2.24, 2.45) is 5.73 Å². The van der Waals surface area contributed by atoms with Crippen LogP contribution in [0, 0.1) is 0 Å². The Bertz CT molecular complexity index is 239. The first-order chi connectivity index (χ1) is 6.44. The van der Waals surface area contributed by atoms with E-state index in [1.54, 1.807) is 6.92 Å². The Morgan fingerprint density at radius 2 is 1.93 bits per heavy atom. The first kappa shape index (κ1) is 13.9. The third-order valence-corrected chi connectivity index (χ3v) is 4.20. The zero-order valence-electron chi connectivity index (χ0n) is 9.29. The number of nitrogens with two attached hydrogens (primary N) is 1. The van der Waals surface area contributed by atoms with E-state index in [2.05, 4.69) is 11.6 Å². The van der Waals surface area contributed by atoms with Crippen LogP contribution in [0.1, 0.15) is 40.0 Å². The standard InChI is InChI=1S/C9H22N2O2S/c1-4-5-6-8(2)11-14(12,13)9(3)7-10/h8-9,11H,4-7,10H2,1-3H3. The molecule has 0 saturated heterocycles. The highest BCUT2D eigenvalue weighted by Gasteiger charge is 2.20. The predicted molar refractivity (Wildman–Crippen MR) is 59.6 cm³/mol. The molecule has 0 aliphatic carbocycles. The fourth-order valence-corrected chi connectivity index (χ4v) is 2.26. The van der Waals surface area contributed by atoms with Crippen molar-refractivity contribution in [1.29, 1.82) is 0 Å². The number of sulfonamides is 1. The van der Waals surface area contributed by atoms with Gasteiger partial charge in [-0.1, -0.05) is 19.8 Å². The molecule has 14 heavy (non-hydrogen) atoms. The van der Waals surface area contributed by atoms with Crippen LogP contribution in [0.4, 0.5) is 0 Å². The minimum Gasteiger partial charge on any atom is -0.329 e. The van der Waals surface area contributed by atoms with E-state index in [0.29, 0.717) is 0 Å². The molecule has 2 unspecified atom stereocenters. The molecule has 0 heterocycles. The largest absolute Gasteiger partial charge is 0.329 e. The van der Waals surface area contributed by atoms with Gasteiger partial charge in [-0.15, -0.1) is 0 Å². The molecule has 2 atom stereocenters. The summed E-state index contributed by atoms with van der Waals surface area (Å²) in [6.45, 7) is 5.75. The molecule has 4 nitrogen and oxygen atoms in total. The molecule has 0 aliphatic rings. The second-order valence-electron chi connectivity index (χ2n) is 3.75. The second-order valence-corrected chi connectivity index (χ2v) is 5.88. The summed E-state index contributed by atoms with van der Waals surface area (Å²) in [6, 6.07) is 0.00829. The Morgan fingerprint density at radius 1 is 1.36 bits per heavy atom. The molecule has 3 N–H and O–H groups in total. The second kappa shape index (κ2) is 6.37. The van der Waals surface area contributed by atoms with Crippen molar-refractivity contribution in [2.75, 3.05) is 6.54 Å². The van der Waals surface area contributed by atoms with Gasteiger partial charge in [-0.05, 0) is 20.3 Å². The van der Waals surface area contributed by atoms with Crippen LogP contribution in [0.3, 0.4) is 0 Å². The summed E-state index contributed by atoms with van der Waals surface area (Å²) >= 11 is 0. The molecule has 86 valence electrons. The Labute approximate surface area is 87.3 Å². The molecule has 0 spiro atoms. The fourth-order valence-electron chi connectivity index (χ4n) is 1.09. The number of unbranched alkanes of at least 4 members (excludes halogenated alkanes) is 1. The third-order valence-electron chi connectivity index (χ3n) is 2.22. The van der Waals surface area contributed by atoms with E-state index in [-0.39, 0.29) is 12.6 Å². The van der Waals surface area contributed by atoms with Crippen LogP contribution in [0.5, 0.6) is 0 Å². The van der Waals surface area contributed by atoms with Crippen LogP contribution >= 0.6 is 0 Å². The lowest BCUT2D eigenvalue weighted by atomic mass is 10.2. The highest BCUT2D eigenvalue weighted by atomic mass is 32.2. The van der Waals surface area contributed by atoms with Crippen LogP contribution in [0.2, 0.25) is 0 Å². The first-order valence-electron chi connectivity index (χ1n) is 5.15. The molecule has 0 aromatic carbocycles. The van der Waals surface area contributed by atoms with Crippen LogP contribution in [-0.4, -0.2) is 26.3 Å². The summed E-state index contributed by atoms with van der Waals surface area (Å²) in [6.07, 6.45) is 3.01. The van der Waals surface area contributed by atoms with Gasteiger partial charge in [0.1, 0.15) is 0 Å². The normalized spacial score (nSPS) is 16.6. The minimum atomic E-state index is -3.22. The van der Waals surface area contributed by atoms with Crippen molar-refractivity contribution in [3.8, 4) is 0 Å². The van der Waals surface area contributed by atoms with Gasteiger partial charge in [-0.25, -0.2) is 13.1 Å². The van der Waals surface area contributed by atoms with E-state index < -0.39 is 15.3 Å². The lowest BCUT2D eigenvalue weighted by Crippen LogP contribution is -2.41. The summed E-state index contributed by atoms with van der Waals surface area (Å²) in [5, 5.41) is -0.508. The number of rotatable bonds is 7. The van der Waals surface area contributed by atoms with Crippen LogP contribution in [0.25, 0.3) is 0 Å². The van der Waals surface area contributed by atoms with Gasteiger partial charge in [0.15, 0.2) is 0 Å². The van der Waals surface area contributed by atoms with Gasteiger partial charge in [0.2, 0.25) is 10.0 Å². The zero-order chi connectivity index (χ0) is 11.2. The lowest BCUT2D eigenvalue weighted by Gasteiger charge is -2.17. The van der Waals surface area contributed by atoms with E-state index in [9.17, 15) is 8.42 Å². The number of hydrogen-bond acceptors (Lipinski definition) is 3. The van der Waals surface area contributed by atoms with E-state index in [4.69, 9.17) is 5.73 Å². The van der Waals surface area contributed by atoms with Crippen molar-refractivity contribution in [2.45, 2.75) is 51.3 Å². The van der Waals surface area contributed by atoms with Gasteiger partial charge < -0.3 is 5.73 Å². The topological polar surface area (TPSA) is 72.2 Å². The highest BCUT2D eigenvalue weighted by Crippen LogP contribution is 2.04. The molecule has 5 heteroatoms. The molecule has 0 aromatic heterocycles. The number of hydrogen-bond donors (Lipinski definition) is 2. The summed E-state index contributed by atoms with van der Waals surface area (Å²) in [5.41, 5.74) is 5.31. The van der Waals surface area contributed by atoms with Gasteiger partial charge in [0.05, 0.1) is 5.25 Å². The quantitative estimate of drug-likeness (QED) is 0.670. The van der Waals surface area contributed by atoms with Gasteiger partial charge in [0.25, 0.3) is 0 Å². The summed E-state index contributed by atoms with van der Waals surface area (Å²) in [4.78, 5) is 0. The monoisotopic (exact) mass is 222 g/mol. The van der Waals surface area contributed by atoms with Crippen molar-refractivity contribution in [3.63, 3.8) is 0 Å². The van der Waals surface area contributed by atoms with E-state index >= 15 is 0 Å². The van der Waals surface area contributed by atoms with Crippen molar-refractivity contribution in [3.05, 3.63) is 0 Å². The van der Waals surface area contributed by atoms with Gasteiger partial charge in [0, 0.05) is 12.6 Å². The van der Waals surface area contributed by atoms with Gasteiger partial charge in [-0.3, -0.25) is 0 Å². The molecule has 0 rings (SSSR count). The first-order valence-corrected chi connectivity index (χ1v) is 6.69. The van der Waals surface area contributed by atoms with Gasteiger partial charge in [-0.2, -0.15) is 0 Å². The SMILES string of the molecule is CCCCC(C)NS(=O)(=O)C(C)CN. The Balaban J connectivity index is 4.09. The third kappa shape index (κ3) is 4.93. The Hall–Kier alpha value is -0.130. The molecular formula is C9H22N2O2S. The van der Waals surface area contributed by atoms with E-state index in [0.717, 1.165) is 19.3 Å². The molecule has 0 amide bonds. The molecule has 0 saturated carbocycles. The summed E-state index contributed by atoms with van der Waals surface area (Å²) in [7, 11) is -3.22. The molecule has 0 aromatic rings. The maximum absolute atomic E-state index is 11.5. The van der Waals surface area contributed by atoms with Crippen LogP contribution < -0.4 is 10.5 Å². The Morgan fingerprint density at radius 3 is 2.36 bits per heavy atom. The molecular weight excluding hydrogens is 200 g/mol. The van der Waals surface area contributed by atoms with E-state index in [1.807, 2.05) is 6.92 Å². The van der Waals surface area contributed by atoms with E-state index in [1.165, 1.54) is 0 Å². The Kier molecular flexibility index (Phi) is 6.31.